The largest absolute Gasteiger partial charge is 0.465 e. The summed E-state index contributed by atoms with van der Waals surface area (Å²) in [6, 6.07) is 12.1. The van der Waals surface area contributed by atoms with E-state index in [9.17, 15) is 17.6 Å². The number of nitrogens with zero attached hydrogens (tertiary/aromatic N) is 2. The van der Waals surface area contributed by atoms with Crippen molar-refractivity contribution < 1.29 is 22.3 Å². The van der Waals surface area contributed by atoms with Gasteiger partial charge >= 0.3 is 5.97 Å². The van der Waals surface area contributed by atoms with Gasteiger partial charge in [0.2, 0.25) is 4.80 Å². The van der Waals surface area contributed by atoms with Crippen LogP contribution in [0.1, 0.15) is 6.92 Å². The SMILES string of the molecule is CCOC(=O)Cn1/c(=N/S(=O)(=O)c2ccccc2)sc2cccc(F)c21. The first kappa shape index (κ1) is 18.3. The highest BCUT2D eigenvalue weighted by atomic mass is 32.2. The van der Waals surface area contributed by atoms with Crippen molar-refractivity contribution in [2.45, 2.75) is 18.4 Å². The first-order chi connectivity index (χ1) is 12.4. The van der Waals surface area contributed by atoms with Gasteiger partial charge in [0.1, 0.15) is 12.4 Å². The number of hydrogen-bond donors (Lipinski definition) is 0. The van der Waals surface area contributed by atoms with Crippen molar-refractivity contribution in [3.8, 4) is 0 Å². The lowest BCUT2D eigenvalue weighted by Crippen LogP contribution is -2.23. The predicted molar refractivity (Wildman–Crippen MR) is 95.6 cm³/mol. The van der Waals surface area contributed by atoms with Gasteiger partial charge in [-0.05, 0) is 31.2 Å². The molecule has 0 saturated heterocycles. The highest BCUT2D eigenvalue weighted by molar-refractivity contribution is 7.90. The van der Waals surface area contributed by atoms with Crippen LogP contribution in [0, 0.1) is 5.82 Å². The van der Waals surface area contributed by atoms with Gasteiger partial charge in [0, 0.05) is 0 Å². The topological polar surface area (TPSA) is 77.7 Å². The van der Waals surface area contributed by atoms with E-state index in [2.05, 4.69) is 4.40 Å². The Hall–Kier alpha value is -2.52. The molecule has 2 aromatic carbocycles. The zero-order chi connectivity index (χ0) is 18.7. The van der Waals surface area contributed by atoms with Crippen molar-refractivity contribution in [3.63, 3.8) is 0 Å². The summed E-state index contributed by atoms with van der Waals surface area (Å²) in [4.78, 5) is 11.9. The van der Waals surface area contributed by atoms with Crippen LogP contribution >= 0.6 is 11.3 Å². The molecule has 0 fully saturated rings. The van der Waals surface area contributed by atoms with E-state index in [-0.39, 0.29) is 28.4 Å². The lowest BCUT2D eigenvalue weighted by molar-refractivity contribution is -0.143. The van der Waals surface area contributed by atoms with Gasteiger partial charge in [0.15, 0.2) is 0 Å². The number of benzene rings is 2. The number of ether oxygens (including phenoxy) is 1. The third kappa shape index (κ3) is 3.68. The second-order valence-corrected chi connectivity index (χ2v) is 7.85. The molecule has 0 amide bonds. The van der Waals surface area contributed by atoms with Gasteiger partial charge < -0.3 is 9.30 Å². The van der Waals surface area contributed by atoms with Crippen LogP contribution in [0.2, 0.25) is 0 Å². The van der Waals surface area contributed by atoms with Crippen molar-refractivity contribution in [1.82, 2.24) is 4.57 Å². The minimum Gasteiger partial charge on any atom is -0.465 e. The standard InChI is InChI=1S/C17H15FN2O4S2/c1-2-24-15(21)11-20-16-13(18)9-6-10-14(16)25-17(20)19-26(22,23)12-7-4-3-5-8-12/h3-10H,2,11H2,1H3/b19-17-. The molecule has 6 nitrogen and oxygen atoms in total. The molecule has 0 aliphatic heterocycles. The van der Waals surface area contributed by atoms with Crippen molar-refractivity contribution in [1.29, 1.82) is 0 Å². The van der Waals surface area contributed by atoms with E-state index >= 15 is 0 Å². The second-order valence-electron chi connectivity index (χ2n) is 5.24. The lowest BCUT2D eigenvalue weighted by atomic mass is 10.3. The van der Waals surface area contributed by atoms with Crippen molar-refractivity contribution in [3.05, 3.63) is 59.1 Å². The molecule has 0 aliphatic rings. The van der Waals surface area contributed by atoms with Crippen molar-refractivity contribution in [2.24, 2.45) is 4.40 Å². The van der Waals surface area contributed by atoms with Crippen LogP contribution in [0.25, 0.3) is 10.2 Å². The molecule has 3 aromatic rings. The quantitative estimate of drug-likeness (QED) is 0.624. The average molecular weight is 394 g/mol. The fraction of sp³-hybridized carbons (Fsp3) is 0.176. The first-order valence-corrected chi connectivity index (χ1v) is 9.97. The molecule has 9 heteroatoms. The van der Waals surface area contributed by atoms with Crippen LogP contribution in [0.5, 0.6) is 0 Å². The lowest BCUT2D eigenvalue weighted by Gasteiger charge is -2.05. The van der Waals surface area contributed by atoms with E-state index in [1.54, 1.807) is 31.2 Å². The Labute approximate surface area is 153 Å². The number of para-hydroxylation sites is 1. The van der Waals surface area contributed by atoms with Gasteiger partial charge in [0.05, 0.1) is 21.7 Å². The Bertz CT molecular complexity index is 1120. The summed E-state index contributed by atoms with van der Waals surface area (Å²) < 4.78 is 49.8. The Morgan fingerprint density at radius 1 is 1.19 bits per heavy atom. The highest BCUT2D eigenvalue weighted by Gasteiger charge is 2.18. The van der Waals surface area contributed by atoms with Crippen molar-refractivity contribution in [2.75, 3.05) is 6.61 Å². The first-order valence-electron chi connectivity index (χ1n) is 7.72. The highest BCUT2D eigenvalue weighted by Crippen LogP contribution is 2.21. The molecular weight excluding hydrogens is 379 g/mol. The summed E-state index contributed by atoms with van der Waals surface area (Å²) >= 11 is 0.989. The van der Waals surface area contributed by atoms with E-state index in [1.165, 1.54) is 28.8 Å². The van der Waals surface area contributed by atoms with Crippen LogP contribution < -0.4 is 4.80 Å². The Morgan fingerprint density at radius 2 is 1.92 bits per heavy atom. The molecule has 0 unspecified atom stereocenters. The summed E-state index contributed by atoms with van der Waals surface area (Å²) in [6.45, 7) is 1.48. The summed E-state index contributed by atoms with van der Waals surface area (Å²) in [5.74, 6) is -1.17. The number of aromatic nitrogens is 1. The fourth-order valence-corrected chi connectivity index (χ4v) is 4.66. The van der Waals surface area contributed by atoms with E-state index in [4.69, 9.17) is 4.74 Å². The number of rotatable bonds is 5. The summed E-state index contributed by atoms with van der Waals surface area (Å²) in [7, 11) is -4.00. The van der Waals surface area contributed by atoms with Gasteiger partial charge in [-0.3, -0.25) is 4.79 Å². The molecule has 0 N–H and O–H groups in total. The number of sulfonamides is 1. The molecule has 1 aromatic heterocycles. The molecule has 0 saturated carbocycles. The maximum absolute atomic E-state index is 14.3. The molecule has 136 valence electrons. The third-order valence-electron chi connectivity index (χ3n) is 3.48. The number of halogens is 1. The number of carbonyl (C=O) groups is 1. The maximum atomic E-state index is 14.3. The van der Waals surface area contributed by atoms with Crippen LogP contribution in [-0.2, 0) is 26.1 Å². The van der Waals surface area contributed by atoms with Gasteiger partial charge in [-0.15, -0.1) is 4.40 Å². The smallest absolute Gasteiger partial charge is 0.326 e. The Kier molecular flexibility index (Phi) is 5.19. The molecule has 0 bridgehead atoms. The molecular formula is C17H15FN2O4S2. The molecule has 0 atom stereocenters. The number of fused-ring (bicyclic) bond motifs is 1. The van der Waals surface area contributed by atoms with Gasteiger partial charge in [-0.2, -0.15) is 8.42 Å². The fourth-order valence-electron chi connectivity index (χ4n) is 2.39. The van der Waals surface area contributed by atoms with Crippen molar-refractivity contribution >= 4 is 37.5 Å². The van der Waals surface area contributed by atoms with Crippen LogP contribution in [0.4, 0.5) is 4.39 Å². The molecule has 26 heavy (non-hydrogen) atoms. The number of carbonyl (C=O) groups excluding carboxylic acids is 1. The van der Waals surface area contributed by atoms with E-state index in [1.807, 2.05) is 0 Å². The Morgan fingerprint density at radius 3 is 2.62 bits per heavy atom. The predicted octanol–water partition coefficient (Wildman–Crippen LogP) is 2.69. The number of hydrogen-bond acceptors (Lipinski definition) is 5. The molecule has 0 radical (unpaired) electrons. The second kappa shape index (κ2) is 7.38. The van der Waals surface area contributed by atoms with E-state index in [0.29, 0.717) is 4.70 Å². The monoisotopic (exact) mass is 394 g/mol. The maximum Gasteiger partial charge on any atom is 0.326 e. The zero-order valence-corrected chi connectivity index (χ0v) is 15.4. The summed E-state index contributed by atoms with van der Waals surface area (Å²) in [5, 5.41) is 0. The minimum atomic E-state index is -4.00. The normalized spacial score (nSPS) is 12.5. The van der Waals surface area contributed by atoms with Gasteiger partial charge in [0.25, 0.3) is 10.0 Å². The molecule has 1 heterocycles. The molecule has 3 rings (SSSR count). The van der Waals surface area contributed by atoms with Gasteiger partial charge in [-0.1, -0.05) is 35.6 Å². The molecule has 0 aliphatic carbocycles. The van der Waals surface area contributed by atoms with E-state index < -0.39 is 21.8 Å². The zero-order valence-electron chi connectivity index (χ0n) is 13.8. The van der Waals surface area contributed by atoms with Crippen LogP contribution in [0.15, 0.2) is 57.8 Å². The minimum absolute atomic E-state index is 0.00186. The summed E-state index contributed by atoms with van der Waals surface area (Å²) in [6.07, 6.45) is 0. The van der Waals surface area contributed by atoms with Crippen LogP contribution in [-0.4, -0.2) is 25.6 Å². The Balaban J connectivity index is 2.22. The average Bonchev–Trinajstić information content (AvgIpc) is 2.94. The van der Waals surface area contributed by atoms with E-state index in [0.717, 1.165) is 11.3 Å². The van der Waals surface area contributed by atoms with Crippen LogP contribution in [0.3, 0.4) is 0 Å². The summed E-state index contributed by atoms with van der Waals surface area (Å²) in [5.41, 5.74) is 0.118. The third-order valence-corrected chi connectivity index (χ3v) is 5.92. The number of esters is 1. The number of thiazole rings is 1. The van der Waals surface area contributed by atoms with Gasteiger partial charge in [-0.25, -0.2) is 4.39 Å². The molecule has 0 spiro atoms.